The third kappa shape index (κ3) is 3.41. The molecule has 2 rings (SSSR count). The van der Waals surface area contributed by atoms with Crippen molar-refractivity contribution >= 4 is 27.3 Å². The average Bonchev–Trinajstić information content (AvgIpc) is 2.96. The van der Waals surface area contributed by atoms with Crippen LogP contribution in [0.25, 0.3) is 0 Å². The van der Waals surface area contributed by atoms with Gasteiger partial charge in [0.2, 0.25) is 0 Å². The van der Waals surface area contributed by atoms with Gasteiger partial charge in [-0.2, -0.15) is 5.10 Å². The zero-order valence-electron chi connectivity index (χ0n) is 13.5. The number of rotatable bonds is 6. The van der Waals surface area contributed by atoms with Gasteiger partial charge in [-0.1, -0.05) is 6.92 Å². The number of likely N-dealkylation sites (N-methyl/N-ethyl adjacent to an activating group) is 1. The number of nitrogens with zero attached hydrogens (tertiary/aromatic N) is 2. The van der Waals surface area contributed by atoms with Crippen molar-refractivity contribution < 1.29 is 0 Å². The fraction of sp³-hybridized carbons (Fsp3) is 0.562. The van der Waals surface area contributed by atoms with Crippen molar-refractivity contribution in [3.63, 3.8) is 0 Å². The number of hydrogen-bond acceptors (Lipinski definition) is 3. The van der Waals surface area contributed by atoms with Crippen LogP contribution in [0.5, 0.6) is 0 Å². The Morgan fingerprint density at radius 2 is 2.10 bits per heavy atom. The third-order valence-electron chi connectivity index (χ3n) is 3.97. The first-order valence-corrected chi connectivity index (χ1v) is 9.10. The minimum Gasteiger partial charge on any atom is -0.312 e. The maximum atomic E-state index is 4.70. The van der Waals surface area contributed by atoms with E-state index in [1.165, 1.54) is 25.5 Å². The Kier molecular flexibility index (Phi) is 5.63. The van der Waals surface area contributed by atoms with Gasteiger partial charge in [0.15, 0.2) is 0 Å². The van der Waals surface area contributed by atoms with E-state index in [1.807, 2.05) is 18.4 Å². The highest BCUT2D eigenvalue weighted by Gasteiger charge is 2.20. The zero-order chi connectivity index (χ0) is 15.6. The van der Waals surface area contributed by atoms with Crippen LogP contribution < -0.4 is 5.32 Å². The second-order valence-corrected chi connectivity index (χ2v) is 7.39. The van der Waals surface area contributed by atoms with E-state index in [0.717, 1.165) is 25.1 Å². The smallest absolute Gasteiger partial charge is 0.0766 e. The minimum atomic E-state index is 0.338. The van der Waals surface area contributed by atoms with Gasteiger partial charge in [-0.3, -0.25) is 4.68 Å². The second-order valence-electron chi connectivity index (χ2n) is 5.31. The van der Waals surface area contributed by atoms with E-state index in [2.05, 4.69) is 59.7 Å². The molecule has 1 atom stereocenters. The Hall–Kier alpha value is -0.650. The number of thiophene rings is 1. The summed E-state index contributed by atoms with van der Waals surface area (Å²) in [7, 11) is 2.04. The fourth-order valence-corrected chi connectivity index (χ4v) is 4.40. The first kappa shape index (κ1) is 16.7. The third-order valence-corrected chi connectivity index (χ3v) is 6.15. The Labute approximate surface area is 139 Å². The van der Waals surface area contributed by atoms with Gasteiger partial charge in [-0.15, -0.1) is 11.3 Å². The Bertz CT molecular complexity index is 596. The summed E-state index contributed by atoms with van der Waals surface area (Å²) in [5.74, 6) is 0. The van der Waals surface area contributed by atoms with E-state index in [9.17, 15) is 0 Å². The molecule has 0 aliphatic carbocycles. The van der Waals surface area contributed by atoms with Crippen LogP contribution in [-0.4, -0.2) is 16.8 Å². The summed E-state index contributed by atoms with van der Waals surface area (Å²) in [5, 5.41) is 8.16. The molecule has 2 aromatic rings. The fourth-order valence-electron chi connectivity index (χ4n) is 2.52. The molecule has 3 nitrogen and oxygen atoms in total. The maximum absolute atomic E-state index is 4.70. The standard InChI is InChI=1S/C16H24BrN3S/c1-6-12-16(17)14(20(7-2)19-12)9-13(18-5)15-8-10(3)11(4)21-15/h8,13,18H,6-7,9H2,1-5H3. The summed E-state index contributed by atoms with van der Waals surface area (Å²) in [5.41, 5.74) is 3.82. The largest absolute Gasteiger partial charge is 0.312 e. The molecular formula is C16H24BrN3S. The lowest BCUT2D eigenvalue weighted by atomic mass is 10.1. The molecule has 21 heavy (non-hydrogen) atoms. The molecule has 0 aliphatic rings. The van der Waals surface area contributed by atoms with E-state index >= 15 is 0 Å². The van der Waals surface area contributed by atoms with Crippen LogP contribution in [0.15, 0.2) is 10.5 Å². The molecular weight excluding hydrogens is 346 g/mol. The predicted octanol–water partition coefficient (Wildman–Crippen LogP) is 4.41. The molecule has 2 aromatic heterocycles. The molecule has 116 valence electrons. The minimum absolute atomic E-state index is 0.338. The number of aryl methyl sites for hydroxylation is 4. The van der Waals surface area contributed by atoms with Crippen molar-refractivity contribution in [3.8, 4) is 0 Å². The van der Waals surface area contributed by atoms with Crippen molar-refractivity contribution in [2.45, 2.75) is 53.1 Å². The van der Waals surface area contributed by atoms with Crippen molar-refractivity contribution in [2.75, 3.05) is 7.05 Å². The Morgan fingerprint density at radius 3 is 2.57 bits per heavy atom. The molecule has 0 radical (unpaired) electrons. The highest BCUT2D eigenvalue weighted by Crippen LogP contribution is 2.31. The van der Waals surface area contributed by atoms with Gasteiger partial charge in [0, 0.05) is 28.8 Å². The summed E-state index contributed by atoms with van der Waals surface area (Å²) in [6.45, 7) is 9.59. The topological polar surface area (TPSA) is 29.9 Å². The molecule has 0 aromatic carbocycles. The van der Waals surface area contributed by atoms with Crippen LogP contribution in [0.3, 0.4) is 0 Å². The molecule has 0 amide bonds. The van der Waals surface area contributed by atoms with Crippen molar-refractivity contribution in [1.29, 1.82) is 0 Å². The lowest BCUT2D eigenvalue weighted by Gasteiger charge is -2.16. The molecule has 0 fully saturated rings. The van der Waals surface area contributed by atoms with Crippen LogP contribution in [0.1, 0.15) is 46.6 Å². The Morgan fingerprint density at radius 1 is 1.38 bits per heavy atom. The average molecular weight is 370 g/mol. The molecule has 1 N–H and O–H groups in total. The molecule has 0 aliphatic heterocycles. The molecule has 0 saturated carbocycles. The predicted molar refractivity (Wildman–Crippen MR) is 94.3 cm³/mol. The number of hydrogen-bond donors (Lipinski definition) is 1. The van der Waals surface area contributed by atoms with Gasteiger partial charge in [-0.05, 0) is 61.8 Å². The van der Waals surface area contributed by atoms with E-state index < -0.39 is 0 Å². The first-order valence-electron chi connectivity index (χ1n) is 7.49. The molecule has 0 spiro atoms. The van der Waals surface area contributed by atoms with Crippen LogP contribution in [0.4, 0.5) is 0 Å². The van der Waals surface area contributed by atoms with Gasteiger partial charge in [0.05, 0.1) is 15.9 Å². The van der Waals surface area contributed by atoms with E-state index in [-0.39, 0.29) is 0 Å². The summed E-state index contributed by atoms with van der Waals surface area (Å²) in [6, 6.07) is 2.65. The summed E-state index contributed by atoms with van der Waals surface area (Å²) in [4.78, 5) is 2.81. The molecule has 0 bridgehead atoms. The highest BCUT2D eigenvalue weighted by molar-refractivity contribution is 9.10. The molecule has 1 unspecified atom stereocenters. The maximum Gasteiger partial charge on any atom is 0.0766 e. The second kappa shape index (κ2) is 7.07. The normalized spacial score (nSPS) is 12.9. The van der Waals surface area contributed by atoms with Gasteiger partial charge in [0.1, 0.15) is 0 Å². The highest BCUT2D eigenvalue weighted by atomic mass is 79.9. The Balaban J connectivity index is 2.32. The van der Waals surface area contributed by atoms with Crippen LogP contribution in [0, 0.1) is 13.8 Å². The SMILES string of the molecule is CCc1nn(CC)c(CC(NC)c2cc(C)c(C)s2)c1Br. The van der Waals surface area contributed by atoms with Crippen molar-refractivity contribution in [3.05, 3.63) is 37.2 Å². The van der Waals surface area contributed by atoms with Gasteiger partial charge in [0.25, 0.3) is 0 Å². The van der Waals surface area contributed by atoms with E-state index in [0.29, 0.717) is 6.04 Å². The summed E-state index contributed by atoms with van der Waals surface area (Å²) >= 11 is 5.64. The lowest BCUT2D eigenvalue weighted by Crippen LogP contribution is -2.19. The zero-order valence-corrected chi connectivity index (χ0v) is 15.9. The number of halogens is 1. The van der Waals surface area contributed by atoms with Crippen LogP contribution in [-0.2, 0) is 19.4 Å². The van der Waals surface area contributed by atoms with Gasteiger partial charge < -0.3 is 5.32 Å². The molecule has 0 saturated heterocycles. The van der Waals surface area contributed by atoms with E-state index in [1.54, 1.807) is 0 Å². The monoisotopic (exact) mass is 369 g/mol. The van der Waals surface area contributed by atoms with Crippen molar-refractivity contribution in [2.24, 2.45) is 0 Å². The van der Waals surface area contributed by atoms with Gasteiger partial charge in [-0.25, -0.2) is 0 Å². The van der Waals surface area contributed by atoms with Crippen LogP contribution in [0.2, 0.25) is 0 Å². The summed E-state index contributed by atoms with van der Waals surface area (Å²) in [6.07, 6.45) is 1.92. The number of nitrogens with one attached hydrogen (secondary N) is 1. The number of aromatic nitrogens is 2. The quantitative estimate of drug-likeness (QED) is 0.816. The van der Waals surface area contributed by atoms with Crippen LogP contribution >= 0.6 is 27.3 Å². The first-order chi connectivity index (χ1) is 10.0. The lowest BCUT2D eigenvalue weighted by molar-refractivity contribution is 0.545. The molecule has 2 heterocycles. The summed E-state index contributed by atoms with van der Waals surface area (Å²) < 4.78 is 3.30. The van der Waals surface area contributed by atoms with Gasteiger partial charge >= 0.3 is 0 Å². The van der Waals surface area contributed by atoms with Crippen molar-refractivity contribution in [1.82, 2.24) is 15.1 Å². The molecule has 5 heteroatoms. The van der Waals surface area contributed by atoms with E-state index in [4.69, 9.17) is 5.10 Å².